The normalized spacial score (nSPS) is 20.8. The van der Waals surface area contributed by atoms with Crippen LogP contribution < -0.4 is 10.6 Å². The van der Waals surface area contributed by atoms with Crippen molar-refractivity contribution < 1.29 is 28.6 Å². The second-order valence-corrected chi connectivity index (χ2v) is 16.4. The summed E-state index contributed by atoms with van der Waals surface area (Å²) in [6, 6.07) is 14.9. The lowest BCUT2D eigenvalue weighted by Crippen LogP contribution is -2.53. The average molecular weight is 817 g/mol. The van der Waals surface area contributed by atoms with Gasteiger partial charge in [-0.25, -0.2) is 14.8 Å². The number of rotatable bonds is 12. The van der Waals surface area contributed by atoms with Crippen molar-refractivity contribution in [3.63, 3.8) is 0 Å². The maximum absolute atomic E-state index is 13.9. The van der Waals surface area contributed by atoms with Crippen molar-refractivity contribution >= 4 is 17.9 Å². The molecule has 4 aromatic rings. The number of amides is 3. The lowest BCUT2D eigenvalue weighted by Gasteiger charge is -2.34. The molecule has 14 heteroatoms. The fourth-order valence-corrected chi connectivity index (χ4v) is 9.44. The number of nitrogens with one attached hydrogen (secondary N) is 4. The van der Waals surface area contributed by atoms with E-state index in [1.807, 2.05) is 70.7 Å². The van der Waals surface area contributed by atoms with E-state index in [2.05, 4.69) is 32.4 Å². The molecular formula is C46H56N8O6. The molecule has 1 saturated carbocycles. The highest BCUT2D eigenvalue weighted by atomic mass is 16.5. The van der Waals surface area contributed by atoms with E-state index in [0.717, 1.165) is 90.4 Å². The third kappa shape index (κ3) is 9.28. The topological polar surface area (TPSA) is 167 Å². The molecule has 0 bridgehead atoms. The molecule has 316 valence electrons. The van der Waals surface area contributed by atoms with Crippen LogP contribution in [0.15, 0.2) is 60.9 Å². The summed E-state index contributed by atoms with van der Waals surface area (Å²) in [5.74, 6) is 8.49. The van der Waals surface area contributed by atoms with Gasteiger partial charge < -0.3 is 39.3 Å². The number of alkyl carbamates (subject to hydrolysis) is 1. The minimum atomic E-state index is -0.677. The summed E-state index contributed by atoms with van der Waals surface area (Å²) >= 11 is 0. The number of imidazole rings is 2. The highest BCUT2D eigenvalue weighted by molar-refractivity contribution is 5.86. The number of hydrogen-bond acceptors (Lipinski definition) is 9. The van der Waals surface area contributed by atoms with Gasteiger partial charge in [0.1, 0.15) is 17.7 Å². The molecule has 1 aliphatic carbocycles. The average Bonchev–Trinajstić information content (AvgIpc) is 4.15. The molecule has 4 unspecified atom stereocenters. The van der Waals surface area contributed by atoms with E-state index < -0.39 is 12.1 Å². The molecule has 2 aromatic heterocycles. The highest BCUT2D eigenvalue weighted by Gasteiger charge is 2.41. The zero-order chi connectivity index (χ0) is 41.4. The van der Waals surface area contributed by atoms with Crippen LogP contribution >= 0.6 is 0 Å². The third-order valence-electron chi connectivity index (χ3n) is 12.7. The van der Waals surface area contributed by atoms with Gasteiger partial charge in [0.2, 0.25) is 11.8 Å². The van der Waals surface area contributed by atoms with Crippen LogP contribution in [0.25, 0.3) is 22.5 Å². The van der Waals surface area contributed by atoms with Crippen LogP contribution in [0.1, 0.15) is 99.1 Å². The summed E-state index contributed by atoms with van der Waals surface area (Å²) in [6.07, 6.45) is 12.4. The van der Waals surface area contributed by atoms with Gasteiger partial charge in [0.15, 0.2) is 0 Å². The van der Waals surface area contributed by atoms with E-state index in [4.69, 9.17) is 24.2 Å². The first kappa shape index (κ1) is 41.3. The molecule has 3 aliphatic heterocycles. The quantitative estimate of drug-likeness (QED) is 0.0977. The first-order chi connectivity index (χ1) is 29.4. The zero-order valence-electron chi connectivity index (χ0n) is 34.6. The van der Waals surface area contributed by atoms with Crippen molar-refractivity contribution in [3.05, 3.63) is 83.7 Å². The third-order valence-corrected chi connectivity index (χ3v) is 12.7. The number of carbonyl (C=O) groups is 3. The van der Waals surface area contributed by atoms with Crippen LogP contribution in [0.2, 0.25) is 0 Å². The molecule has 4 atom stereocenters. The summed E-state index contributed by atoms with van der Waals surface area (Å²) < 4.78 is 15.7. The molecule has 14 nitrogen and oxygen atoms in total. The predicted octanol–water partition coefficient (Wildman–Crippen LogP) is 6.10. The minimum absolute atomic E-state index is 0.0205. The number of likely N-dealkylation sites (tertiary alicyclic amines) is 2. The molecule has 2 aromatic carbocycles. The second-order valence-electron chi connectivity index (χ2n) is 16.4. The number of ether oxygens (including phenoxy) is 3. The van der Waals surface area contributed by atoms with E-state index in [0.29, 0.717) is 45.2 Å². The molecule has 4 fully saturated rings. The lowest BCUT2D eigenvalue weighted by atomic mass is 9.90. The van der Waals surface area contributed by atoms with E-state index in [1.165, 1.54) is 20.0 Å². The number of aromatic amines is 2. The largest absolute Gasteiger partial charge is 0.453 e. The fraction of sp³-hybridized carbons (Fsp3) is 0.500. The summed E-state index contributed by atoms with van der Waals surface area (Å²) in [5.41, 5.74) is 5.52. The van der Waals surface area contributed by atoms with E-state index in [1.54, 1.807) is 7.11 Å². The smallest absolute Gasteiger partial charge is 0.407 e. The summed E-state index contributed by atoms with van der Waals surface area (Å²) in [7, 11) is 2.96. The van der Waals surface area contributed by atoms with Gasteiger partial charge in [-0.05, 0) is 98.6 Å². The maximum atomic E-state index is 13.9. The molecule has 4 N–H and O–H groups in total. The lowest BCUT2D eigenvalue weighted by molar-refractivity contribution is -0.137. The highest BCUT2D eigenvalue weighted by Crippen LogP contribution is 2.36. The minimum Gasteiger partial charge on any atom is -0.453 e. The maximum Gasteiger partial charge on any atom is 0.407 e. The zero-order valence-corrected chi connectivity index (χ0v) is 34.6. The first-order valence-electron chi connectivity index (χ1n) is 21.5. The van der Waals surface area contributed by atoms with Gasteiger partial charge in [0, 0.05) is 44.5 Å². The van der Waals surface area contributed by atoms with Gasteiger partial charge in [-0.15, -0.1) is 0 Å². The Bertz CT molecular complexity index is 2140. The summed E-state index contributed by atoms with van der Waals surface area (Å²) in [5, 5.41) is 6.18. The summed E-state index contributed by atoms with van der Waals surface area (Å²) in [6.45, 7) is 2.82. The molecule has 8 rings (SSSR count). The van der Waals surface area contributed by atoms with Crippen LogP contribution in [-0.2, 0) is 23.8 Å². The number of nitrogens with zero attached hydrogens (tertiary/aromatic N) is 4. The number of carbonyl (C=O) groups excluding carboxylic acids is 3. The van der Waals surface area contributed by atoms with E-state index in [-0.39, 0.29) is 35.9 Å². The molecule has 60 heavy (non-hydrogen) atoms. The number of benzene rings is 2. The number of hydrogen-bond donors (Lipinski definition) is 4. The van der Waals surface area contributed by atoms with Crippen LogP contribution in [0.4, 0.5) is 4.79 Å². The van der Waals surface area contributed by atoms with Gasteiger partial charge in [0.25, 0.3) is 0 Å². The van der Waals surface area contributed by atoms with Crippen molar-refractivity contribution in [1.29, 1.82) is 0 Å². The Morgan fingerprint density at radius 1 is 0.717 bits per heavy atom. The van der Waals surface area contributed by atoms with E-state index in [9.17, 15) is 14.4 Å². The predicted molar refractivity (Wildman–Crippen MR) is 225 cm³/mol. The number of aromatic nitrogens is 4. The fourth-order valence-electron chi connectivity index (χ4n) is 9.44. The van der Waals surface area contributed by atoms with Gasteiger partial charge in [-0.1, -0.05) is 48.9 Å². The Hall–Kier alpha value is -5.49. The molecule has 0 radical (unpaired) electrons. The standard InChI is InChI=1S/C46H56N8O6/c1-58-29-49-40(34-7-3-4-8-34)44(55)53-23-5-9-38(53)42-47-27-36(50-42)32-17-13-30(14-18-32)11-12-31-15-19-33(20-16-31)37-28-48-43(51-37)39-10-6-24-54(39)45(56)41(52-46(57)59-2)35-21-25-60-26-22-35/h13-20,27-28,34-35,38-41,49H,3-10,21-26,29H2,1-2H3,(H,47,50)(H,48,51)(H,52,57). The van der Waals surface area contributed by atoms with Crippen LogP contribution in [0.5, 0.6) is 0 Å². The van der Waals surface area contributed by atoms with Crippen LogP contribution in [0.3, 0.4) is 0 Å². The molecule has 3 amide bonds. The number of H-pyrrole nitrogens is 2. The van der Waals surface area contributed by atoms with Gasteiger partial charge in [-0.2, -0.15) is 0 Å². The molecular weight excluding hydrogens is 761 g/mol. The molecule has 0 spiro atoms. The van der Waals surface area contributed by atoms with Crippen molar-refractivity contribution in [1.82, 2.24) is 40.4 Å². The first-order valence-corrected chi connectivity index (χ1v) is 21.5. The summed E-state index contributed by atoms with van der Waals surface area (Å²) in [4.78, 5) is 60.3. The van der Waals surface area contributed by atoms with Crippen LogP contribution in [-0.4, -0.2) is 107 Å². The molecule has 5 heterocycles. The Balaban J connectivity index is 0.885. The Morgan fingerprint density at radius 2 is 1.22 bits per heavy atom. The van der Waals surface area contributed by atoms with Crippen molar-refractivity contribution in [2.45, 2.75) is 88.4 Å². The van der Waals surface area contributed by atoms with E-state index >= 15 is 0 Å². The monoisotopic (exact) mass is 816 g/mol. The Morgan fingerprint density at radius 3 is 1.72 bits per heavy atom. The van der Waals surface area contributed by atoms with Gasteiger partial charge >= 0.3 is 6.09 Å². The molecule has 3 saturated heterocycles. The van der Waals surface area contributed by atoms with Crippen molar-refractivity contribution in [2.75, 3.05) is 47.3 Å². The SMILES string of the molecule is COCNC(C(=O)N1CCCC1c1ncc(-c2ccc(C#Cc3ccc(-c4cnc(C5CCCN5C(=O)C(NC(=O)OC)C5CCOCC5)[nH]4)cc3)cc2)[nH]1)C1CCCC1. The van der Waals surface area contributed by atoms with Gasteiger partial charge in [0.05, 0.1) is 55.7 Å². The van der Waals surface area contributed by atoms with Gasteiger partial charge in [-0.3, -0.25) is 14.9 Å². The Kier molecular flexibility index (Phi) is 13.2. The van der Waals surface area contributed by atoms with Crippen LogP contribution in [0, 0.1) is 23.7 Å². The Labute approximate surface area is 351 Å². The van der Waals surface area contributed by atoms with Crippen molar-refractivity contribution in [3.8, 4) is 34.4 Å². The van der Waals surface area contributed by atoms with Crippen molar-refractivity contribution in [2.24, 2.45) is 11.8 Å². The number of methoxy groups -OCH3 is 2. The second kappa shape index (κ2) is 19.3. The molecule has 4 aliphatic rings.